The fraction of sp³-hybridized carbons (Fsp3) is 0.429. The predicted molar refractivity (Wildman–Crippen MR) is 78.5 cm³/mol. The highest BCUT2D eigenvalue weighted by Crippen LogP contribution is 2.38. The van der Waals surface area contributed by atoms with Crippen LogP contribution in [0.1, 0.15) is 13.3 Å². The van der Waals surface area contributed by atoms with E-state index in [9.17, 15) is 9.59 Å². The number of hydrogen-bond acceptors (Lipinski definition) is 6. The van der Waals surface area contributed by atoms with E-state index in [1.54, 1.807) is 17.0 Å². The van der Waals surface area contributed by atoms with E-state index in [-0.39, 0.29) is 18.4 Å². The lowest BCUT2D eigenvalue weighted by atomic mass is 10.1. The highest BCUT2D eigenvalue weighted by molar-refractivity contribution is 6.05. The molecule has 2 amide bonds. The molecular formula is C14H19N3O4. The molecule has 1 aliphatic heterocycles. The number of carbonyl (C=O) groups is 2. The van der Waals surface area contributed by atoms with Crippen LogP contribution in [0.25, 0.3) is 0 Å². The molecule has 7 heteroatoms. The maximum absolute atomic E-state index is 11.9. The van der Waals surface area contributed by atoms with Crippen LogP contribution in [0.2, 0.25) is 0 Å². The average molecular weight is 293 g/mol. The third-order valence-corrected chi connectivity index (χ3v) is 3.48. The van der Waals surface area contributed by atoms with Gasteiger partial charge in [0.2, 0.25) is 11.8 Å². The van der Waals surface area contributed by atoms with E-state index in [4.69, 9.17) is 15.2 Å². The summed E-state index contributed by atoms with van der Waals surface area (Å²) in [6.45, 7) is 1.95. The van der Waals surface area contributed by atoms with Crippen molar-refractivity contribution in [2.45, 2.75) is 19.4 Å². The summed E-state index contributed by atoms with van der Waals surface area (Å²) in [6.07, 6.45) is 0.562. The summed E-state index contributed by atoms with van der Waals surface area (Å²) in [5.41, 5.74) is 7.05. The molecule has 1 fully saturated rings. The molecule has 1 aromatic rings. The molecule has 0 radical (unpaired) electrons. The van der Waals surface area contributed by atoms with E-state index in [0.29, 0.717) is 29.3 Å². The lowest BCUT2D eigenvalue weighted by molar-refractivity contribution is -0.132. The van der Waals surface area contributed by atoms with Crippen molar-refractivity contribution in [1.82, 2.24) is 5.32 Å². The molecule has 1 heterocycles. The Morgan fingerprint density at radius 2 is 1.90 bits per heavy atom. The Bertz CT molecular complexity index is 574. The summed E-state index contributed by atoms with van der Waals surface area (Å²) in [7, 11) is 3.03. The number of benzene rings is 1. The third kappa shape index (κ3) is 2.72. The van der Waals surface area contributed by atoms with Gasteiger partial charge in [-0.2, -0.15) is 0 Å². The number of nitrogens with zero attached hydrogens (tertiary/aromatic N) is 1. The number of piperazine rings is 1. The van der Waals surface area contributed by atoms with Crippen molar-refractivity contribution in [2.24, 2.45) is 0 Å². The van der Waals surface area contributed by atoms with Gasteiger partial charge in [-0.25, -0.2) is 0 Å². The Balaban J connectivity index is 2.48. The molecule has 0 bridgehead atoms. The molecule has 114 valence electrons. The maximum atomic E-state index is 11.9. The SMILES string of the molecule is CCC1C(=O)NC(=O)CN1c1cc(OC)c(OC)cc1N. The van der Waals surface area contributed by atoms with E-state index in [2.05, 4.69) is 5.32 Å². The van der Waals surface area contributed by atoms with Crippen molar-refractivity contribution >= 4 is 23.2 Å². The number of rotatable bonds is 4. The monoisotopic (exact) mass is 293 g/mol. The smallest absolute Gasteiger partial charge is 0.249 e. The number of methoxy groups -OCH3 is 2. The molecule has 7 nitrogen and oxygen atoms in total. The van der Waals surface area contributed by atoms with Crippen molar-refractivity contribution in [3.63, 3.8) is 0 Å². The van der Waals surface area contributed by atoms with Crippen LogP contribution in [-0.2, 0) is 9.59 Å². The molecule has 1 aromatic carbocycles. The highest BCUT2D eigenvalue weighted by atomic mass is 16.5. The van der Waals surface area contributed by atoms with Crippen molar-refractivity contribution in [3.8, 4) is 11.5 Å². The lowest BCUT2D eigenvalue weighted by Gasteiger charge is -2.36. The van der Waals surface area contributed by atoms with Crippen molar-refractivity contribution in [3.05, 3.63) is 12.1 Å². The van der Waals surface area contributed by atoms with Gasteiger partial charge in [0.05, 0.1) is 32.1 Å². The Labute approximate surface area is 123 Å². The standard InChI is InChI=1S/C14H19N3O4/c1-4-9-14(19)16-13(18)7-17(9)10-6-12(21-3)11(20-2)5-8(10)15/h5-6,9H,4,7,15H2,1-3H3,(H,16,18,19). The van der Waals surface area contributed by atoms with Gasteiger partial charge in [-0.05, 0) is 6.42 Å². The normalized spacial score (nSPS) is 18.4. The average Bonchev–Trinajstić information content (AvgIpc) is 2.46. The van der Waals surface area contributed by atoms with Crippen LogP contribution in [0.15, 0.2) is 12.1 Å². The number of nitrogen functional groups attached to an aromatic ring is 1. The molecule has 1 saturated heterocycles. The zero-order valence-corrected chi connectivity index (χ0v) is 12.3. The maximum Gasteiger partial charge on any atom is 0.249 e. The lowest BCUT2D eigenvalue weighted by Crippen LogP contribution is -2.58. The van der Waals surface area contributed by atoms with Crippen molar-refractivity contribution in [2.75, 3.05) is 31.4 Å². The van der Waals surface area contributed by atoms with Crippen LogP contribution in [-0.4, -0.2) is 38.6 Å². The molecule has 0 aliphatic carbocycles. The second-order valence-corrected chi connectivity index (χ2v) is 4.73. The van der Waals surface area contributed by atoms with E-state index < -0.39 is 6.04 Å². The van der Waals surface area contributed by atoms with Crippen LogP contribution >= 0.6 is 0 Å². The minimum absolute atomic E-state index is 0.0733. The Hall–Kier alpha value is -2.44. The van der Waals surface area contributed by atoms with Gasteiger partial charge in [-0.3, -0.25) is 14.9 Å². The fourth-order valence-corrected chi connectivity index (χ4v) is 2.46. The highest BCUT2D eigenvalue weighted by Gasteiger charge is 2.33. The molecule has 0 aromatic heterocycles. The van der Waals surface area contributed by atoms with Crippen LogP contribution in [0, 0.1) is 0 Å². The van der Waals surface area contributed by atoms with E-state index in [0.717, 1.165) is 0 Å². The number of hydrogen-bond donors (Lipinski definition) is 2. The Kier molecular flexibility index (Phi) is 4.21. The third-order valence-electron chi connectivity index (χ3n) is 3.48. The van der Waals surface area contributed by atoms with E-state index >= 15 is 0 Å². The number of ether oxygens (including phenoxy) is 2. The van der Waals surface area contributed by atoms with Gasteiger partial charge >= 0.3 is 0 Å². The van der Waals surface area contributed by atoms with E-state index in [1.165, 1.54) is 14.2 Å². The van der Waals surface area contributed by atoms with Crippen LogP contribution in [0.3, 0.4) is 0 Å². The first kappa shape index (κ1) is 15.0. The summed E-state index contributed by atoms with van der Waals surface area (Å²) in [5, 5.41) is 2.33. The van der Waals surface area contributed by atoms with E-state index in [1.807, 2.05) is 6.92 Å². The van der Waals surface area contributed by atoms with Crippen LogP contribution in [0.4, 0.5) is 11.4 Å². The molecule has 3 N–H and O–H groups in total. The number of carbonyl (C=O) groups excluding carboxylic acids is 2. The quantitative estimate of drug-likeness (QED) is 0.621. The summed E-state index contributed by atoms with van der Waals surface area (Å²) >= 11 is 0. The van der Waals surface area contributed by atoms with Gasteiger partial charge in [-0.1, -0.05) is 6.92 Å². The molecule has 2 rings (SSSR count). The van der Waals surface area contributed by atoms with Gasteiger partial charge in [0.1, 0.15) is 6.04 Å². The first-order valence-corrected chi connectivity index (χ1v) is 6.63. The van der Waals surface area contributed by atoms with Gasteiger partial charge in [0.15, 0.2) is 11.5 Å². The van der Waals surface area contributed by atoms with Crippen LogP contribution < -0.4 is 25.4 Å². The summed E-state index contributed by atoms with van der Waals surface area (Å²) in [4.78, 5) is 25.3. The van der Waals surface area contributed by atoms with Gasteiger partial charge in [0.25, 0.3) is 0 Å². The van der Waals surface area contributed by atoms with Crippen molar-refractivity contribution < 1.29 is 19.1 Å². The largest absolute Gasteiger partial charge is 0.493 e. The molecule has 1 atom stereocenters. The Morgan fingerprint density at radius 3 is 2.48 bits per heavy atom. The molecule has 21 heavy (non-hydrogen) atoms. The fourth-order valence-electron chi connectivity index (χ4n) is 2.46. The molecule has 0 spiro atoms. The van der Waals surface area contributed by atoms with Crippen molar-refractivity contribution in [1.29, 1.82) is 0 Å². The van der Waals surface area contributed by atoms with Gasteiger partial charge in [-0.15, -0.1) is 0 Å². The van der Waals surface area contributed by atoms with Gasteiger partial charge < -0.3 is 20.1 Å². The first-order chi connectivity index (χ1) is 10.0. The van der Waals surface area contributed by atoms with Gasteiger partial charge in [0, 0.05) is 12.1 Å². The minimum Gasteiger partial charge on any atom is -0.493 e. The summed E-state index contributed by atoms with van der Waals surface area (Å²) in [6, 6.07) is 2.86. The number of imide groups is 1. The number of nitrogens with two attached hydrogens (primary N) is 1. The summed E-state index contributed by atoms with van der Waals surface area (Å²) in [5.74, 6) is 0.330. The molecule has 0 saturated carbocycles. The second-order valence-electron chi connectivity index (χ2n) is 4.73. The number of amides is 2. The second kappa shape index (κ2) is 5.90. The minimum atomic E-state index is -0.442. The zero-order chi connectivity index (χ0) is 15.6. The summed E-state index contributed by atoms with van der Waals surface area (Å²) < 4.78 is 10.4. The number of anilines is 2. The molecule has 1 unspecified atom stereocenters. The zero-order valence-electron chi connectivity index (χ0n) is 12.3. The predicted octanol–water partition coefficient (Wildman–Crippen LogP) is 0.527. The molecular weight excluding hydrogens is 274 g/mol. The van der Waals surface area contributed by atoms with Crippen LogP contribution in [0.5, 0.6) is 11.5 Å². The Morgan fingerprint density at radius 1 is 1.29 bits per heavy atom. The topological polar surface area (TPSA) is 93.9 Å². The molecule has 1 aliphatic rings. The number of nitrogens with one attached hydrogen (secondary N) is 1. The first-order valence-electron chi connectivity index (χ1n) is 6.63.